The van der Waals surface area contributed by atoms with Gasteiger partial charge in [-0.1, -0.05) is 17.7 Å². The fourth-order valence-electron chi connectivity index (χ4n) is 1.84. The molecule has 0 aliphatic heterocycles. The molecular formula is C14H12ClFN2O2S. The van der Waals surface area contributed by atoms with Gasteiger partial charge in [0.1, 0.15) is 22.2 Å². The molecule has 4 nitrogen and oxygen atoms in total. The van der Waals surface area contributed by atoms with Crippen LogP contribution in [0.3, 0.4) is 0 Å². The first kappa shape index (κ1) is 15.7. The number of rotatable bonds is 4. The summed E-state index contributed by atoms with van der Waals surface area (Å²) in [5, 5.41) is 9.87. The van der Waals surface area contributed by atoms with Crippen LogP contribution in [-0.2, 0) is 5.75 Å². The summed E-state index contributed by atoms with van der Waals surface area (Å²) in [6.07, 6.45) is 0. The van der Waals surface area contributed by atoms with Crippen LogP contribution in [0.15, 0.2) is 23.2 Å². The molecule has 2 aromatic rings. The van der Waals surface area contributed by atoms with Crippen molar-refractivity contribution < 1.29 is 14.3 Å². The molecule has 0 spiro atoms. The number of thioether (sulfide) groups is 1. The lowest BCUT2D eigenvalue weighted by molar-refractivity contribution is 0.0690. The van der Waals surface area contributed by atoms with Crippen LogP contribution in [0.2, 0.25) is 5.02 Å². The number of aryl methyl sites for hydroxylation is 2. The van der Waals surface area contributed by atoms with E-state index < -0.39 is 11.8 Å². The lowest BCUT2D eigenvalue weighted by atomic mass is 10.2. The molecule has 1 aromatic carbocycles. The molecule has 0 aliphatic rings. The number of nitrogens with zero attached hydrogens (tertiary/aromatic N) is 2. The van der Waals surface area contributed by atoms with Crippen molar-refractivity contribution in [3.63, 3.8) is 0 Å². The average molecular weight is 327 g/mol. The topological polar surface area (TPSA) is 63.1 Å². The molecule has 110 valence electrons. The molecule has 0 bridgehead atoms. The van der Waals surface area contributed by atoms with Crippen molar-refractivity contribution in [1.82, 2.24) is 9.97 Å². The number of hydrogen-bond acceptors (Lipinski definition) is 4. The zero-order valence-electron chi connectivity index (χ0n) is 11.4. The smallest absolute Gasteiger partial charge is 0.340 e. The van der Waals surface area contributed by atoms with Crippen LogP contribution in [0.5, 0.6) is 0 Å². The number of benzene rings is 1. The van der Waals surface area contributed by atoms with E-state index in [1.807, 2.05) is 0 Å². The maximum absolute atomic E-state index is 13.7. The molecule has 0 aliphatic carbocycles. The predicted molar refractivity (Wildman–Crippen MR) is 79.4 cm³/mol. The summed E-state index contributed by atoms with van der Waals surface area (Å²) in [5.74, 6) is -0.856. The van der Waals surface area contributed by atoms with Crippen molar-refractivity contribution in [1.29, 1.82) is 0 Å². The van der Waals surface area contributed by atoms with Gasteiger partial charge in [0.05, 0.1) is 5.69 Å². The molecule has 0 atom stereocenters. The maximum atomic E-state index is 13.7. The Labute approximate surface area is 130 Å². The SMILES string of the molecule is Cc1nc(C)c(C(=O)O)c(SCc2c(F)cccc2Cl)n1. The van der Waals surface area contributed by atoms with Crippen molar-refractivity contribution in [2.75, 3.05) is 0 Å². The minimum atomic E-state index is -1.10. The van der Waals surface area contributed by atoms with Gasteiger partial charge in [-0.2, -0.15) is 0 Å². The largest absolute Gasteiger partial charge is 0.478 e. The Balaban J connectivity index is 2.34. The quantitative estimate of drug-likeness (QED) is 0.682. The summed E-state index contributed by atoms with van der Waals surface area (Å²) in [5.41, 5.74) is 0.754. The summed E-state index contributed by atoms with van der Waals surface area (Å²) in [6.45, 7) is 3.29. The molecule has 0 fully saturated rings. The van der Waals surface area contributed by atoms with Gasteiger partial charge in [0.15, 0.2) is 0 Å². The van der Waals surface area contributed by atoms with Crippen LogP contribution in [0.1, 0.15) is 27.4 Å². The first-order valence-corrected chi connectivity index (χ1v) is 7.40. The summed E-state index contributed by atoms with van der Waals surface area (Å²) in [7, 11) is 0. The molecule has 21 heavy (non-hydrogen) atoms. The van der Waals surface area contributed by atoms with E-state index in [1.54, 1.807) is 19.9 Å². The highest BCUT2D eigenvalue weighted by atomic mass is 35.5. The second-order valence-electron chi connectivity index (χ2n) is 4.33. The van der Waals surface area contributed by atoms with Crippen molar-refractivity contribution in [2.24, 2.45) is 0 Å². The standard InChI is InChI=1S/C14H12ClFN2O2S/c1-7-12(14(19)20)13(18-8(2)17-7)21-6-9-10(15)4-3-5-11(9)16/h3-5H,6H2,1-2H3,(H,19,20). The van der Waals surface area contributed by atoms with Gasteiger partial charge < -0.3 is 5.11 Å². The van der Waals surface area contributed by atoms with E-state index in [0.29, 0.717) is 27.1 Å². The molecule has 7 heteroatoms. The van der Waals surface area contributed by atoms with E-state index >= 15 is 0 Å². The van der Waals surface area contributed by atoms with E-state index in [2.05, 4.69) is 9.97 Å². The summed E-state index contributed by atoms with van der Waals surface area (Å²) >= 11 is 7.09. The number of aromatic carboxylic acids is 1. The van der Waals surface area contributed by atoms with Gasteiger partial charge in [0.25, 0.3) is 0 Å². The molecule has 1 aromatic heterocycles. The first-order chi connectivity index (χ1) is 9.90. The van der Waals surface area contributed by atoms with Gasteiger partial charge in [-0.15, -0.1) is 11.8 Å². The Kier molecular flexibility index (Phi) is 4.80. The normalized spacial score (nSPS) is 10.7. The molecule has 0 radical (unpaired) electrons. The zero-order valence-corrected chi connectivity index (χ0v) is 12.9. The van der Waals surface area contributed by atoms with Gasteiger partial charge >= 0.3 is 5.97 Å². The number of aromatic nitrogens is 2. The minimum absolute atomic E-state index is 0.0399. The monoisotopic (exact) mass is 326 g/mol. The number of halogens is 2. The van der Waals surface area contributed by atoms with Crippen LogP contribution in [0, 0.1) is 19.7 Å². The zero-order chi connectivity index (χ0) is 15.6. The van der Waals surface area contributed by atoms with E-state index in [9.17, 15) is 14.3 Å². The van der Waals surface area contributed by atoms with Crippen molar-refractivity contribution in [2.45, 2.75) is 24.6 Å². The predicted octanol–water partition coefficient (Wildman–Crippen LogP) is 3.88. The summed E-state index contributed by atoms with van der Waals surface area (Å²) < 4.78 is 13.7. The average Bonchev–Trinajstić information content (AvgIpc) is 2.36. The van der Waals surface area contributed by atoms with Crippen molar-refractivity contribution in [3.05, 3.63) is 51.7 Å². The minimum Gasteiger partial charge on any atom is -0.478 e. The van der Waals surface area contributed by atoms with Crippen LogP contribution in [0.4, 0.5) is 4.39 Å². The number of carboxylic acids is 1. The fourth-order valence-corrected chi connectivity index (χ4v) is 3.30. The molecule has 0 saturated heterocycles. The molecule has 1 N–H and O–H groups in total. The maximum Gasteiger partial charge on any atom is 0.340 e. The van der Waals surface area contributed by atoms with E-state index in [4.69, 9.17) is 11.6 Å². The van der Waals surface area contributed by atoms with Crippen LogP contribution >= 0.6 is 23.4 Å². The second-order valence-corrected chi connectivity index (χ2v) is 5.70. The first-order valence-electron chi connectivity index (χ1n) is 6.04. The lowest BCUT2D eigenvalue weighted by Gasteiger charge is -2.09. The van der Waals surface area contributed by atoms with E-state index in [1.165, 1.54) is 12.1 Å². The third-order valence-corrected chi connectivity index (χ3v) is 4.15. The molecular weight excluding hydrogens is 315 g/mol. The molecule has 1 heterocycles. The van der Waals surface area contributed by atoms with Gasteiger partial charge in [-0.3, -0.25) is 0 Å². The van der Waals surface area contributed by atoms with Crippen molar-refractivity contribution in [3.8, 4) is 0 Å². The third-order valence-electron chi connectivity index (χ3n) is 2.80. The van der Waals surface area contributed by atoms with Gasteiger partial charge in [0, 0.05) is 16.3 Å². The highest BCUT2D eigenvalue weighted by molar-refractivity contribution is 7.98. The lowest BCUT2D eigenvalue weighted by Crippen LogP contribution is -2.08. The van der Waals surface area contributed by atoms with Crippen molar-refractivity contribution >= 4 is 29.3 Å². The van der Waals surface area contributed by atoms with Crippen LogP contribution < -0.4 is 0 Å². The van der Waals surface area contributed by atoms with Gasteiger partial charge in [-0.05, 0) is 26.0 Å². The Bertz CT molecular complexity index is 689. The van der Waals surface area contributed by atoms with Crippen LogP contribution in [0.25, 0.3) is 0 Å². The Morgan fingerprint density at radius 1 is 1.38 bits per heavy atom. The third kappa shape index (κ3) is 3.51. The summed E-state index contributed by atoms with van der Waals surface area (Å²) in [4.78, 5) is 19.5. The number of hydrogen-bond donors (Lipinski definition) is 1. The van der Waals surface area contributed by atoms with Gasteiger partial charge in [-0.25, -0.2) is 19.2 Å². The number of carbonyl (C=O) groups is 1. The number of carboxylic acid groups (broad SMARTS) is 1. The Hall–Kier alpha value is -1.66. The Morgan fingerprint density at radius 3 is 2.71 bits per heavy atom. The molecule has 0 saturated carbocycles. The van der Waals surface area contributed by atoms with Crippen LogP contribution in [-0.4, -0.2) is 21.0 Å². The van der Waals surface area contributed by atoms with E-state index in [-0.39, 0.29) is 11.3 Å². The van der Waals surface area contributed by atoms with E-state index in [0.717, 1.165) is 11.8 Å². The molecule has 0 amide bonds. The molecule has 0 unspecified atom stereocenters. The summed E-state index contributed by atoms with van der Waals surface area (Å²) in [6, 6.07) is 4.43. The second kappa shape index (κ2) is 6.41. The molecule has 2 rings (SSSR count). The highest BCUT2D eigenvalue weighted by Crippen LogP contribution is 2.30. The highest BCUT2D eigenvalue weighted by Gasteiger charge is 2.18. The Morgan fingerprint density at radius 2 is 2.10 bits per heavy atom. The fraction of sp³-hybridized carbons (Fsp3) is 0.214. The van der Waals surface area contributed by atoms with Gasteiger partial charge in [0.2, 0.25) is 0 Å².